The van der Waals surface area contributed by atoms with Gasteiger partial charge in [0.25, 0.3) is 0 Å². The Morgan fingerprint density at radius 3 is 2.74 bits per heavy atom. The summed E-state index contributed by atoms with van der Waals surface area (Å²) < 4.78 is 5.49. The molecule has 0 radical (unpaired) electrons. The van der Waals surface area contributed by atoms with E-state index in [1.54, 1.807) is 11.1 Å². The highest BCUT2D eigenvalue weighted by Crippen LogP contribution is 2.21. The zero-order chi connectivity index (χ0) is 22.3. The first-order valence-electron chi connectivity index (χ1n) is 10.3. The molecular weight excluding hydrogens is 396 g/mol. The Labute approximate surface area is 181 Å². The molecule has 31 heavy (non-hydrogen) atoms. The predicted octanol–water partition coefficient (Wildman–Crippen LogP) is 3.24. The van der Waals surface area contributed by atoms with Gasteiger partial charge in [-0.2, -0.15) is 10.5 Å². The van der Waals surface area contributed by atoms with Gasteiger partial charge in [-0.1, -0.05) is 0 Å². The molecule has 1 amide bonds. The van der Waals surface area contributed by atoms with Crippen molar-refractivity contribution < 1.29 is 9.53 Å². The van der Waals surface area contributed by atoms with Gasteiger partial charge < -0.3 is 20.3 Å². The topological polar surface area (TPSA) is 132 Å². The number of hydrogen-bond acceptors (Lipinski definition) is 8. The fourth-order valence-electron chi connectivity index (χ4n) is 3.25. The molecule has 1 aromatic heterocycles. The summed E-state index contributed by atoms with van der Waals surface area (Å²) in [5.41, 5.74) is 1.62. The first-order chi connectivity index (χ1) is 14.8. The Balaban J connectivity index is 1.49. The fourth-order valence-corrected chi connectivity index (χ4v) is 3.25. The second-order valence-electron chi connectivity index (χ2n) is 8.44. The lowest BCUT2D eigenvalue weighted by Crippen LogP contribution is -2.44. The van der Waals surface area contributed by atoms with E-state index in [9.17, 15) is 10.1 Å². The van der Waals surface area contributed by atoms with Crippen LogP contribution < -0.4 is 10.6 Å². The number of nitriles is 1. The van der Waals surface area contributed by atoms with Crippen molar-refractivity contribution in [3.63, 3.8) is 0 Å². The number of carbonyl (C=O) groups excluding carboxylic acids is 1. The molecule has 2 aromatic rings. The number of benzene rings is 1. The van der Waals surface area contributed by atoms with E-state index < -0.39 is 5.60 Å². The molecule has 2 heterocycles. The minimum atomic E-state index is -0.479. The van der Waals surface area contributed by atoms with Crippen molar-refractivity contribution in [2.75, 3.05) is 30.3 Å². The zero-order valence-electron chi connectivity index (χ0n) is 18.1. The van der Waals surface area contributed by atoms with E-state index in [2.05, 4.69) is 31.3 Å². The second-order valence-corrected chi connectivity index (χ2v) is 8.44. The number of aromatic nitrogens is 4. The number of nitrogens with zero attached hydrogens (tertiary/aromatic N) is 5. The molecule has 0 aliphatic carbocycles. The summed E-state index contributed by atoms with van der Waals surface area (Å²) in [5.74, 6) is 0.608. The Hall–Kier alpha value is -3.61. The number of nitrogens with one attached hydrogen (secondary N) is 3. The monoisotopic (exact) mass is 424 g/mol. The van der Waals surface area contributed by atoms with E-state index in [0.717, 1.165) is 37.3 Å². The van der Waals surface area contributed by atoms with Gasteiger partial charge in [0.2, 0.25) is 5.82 Å². The first-order valence-corrected chi connectivity index (χ1v) is 10.3. The summed E-state index contributed by atoms with van der Waals surface area (Å²) >= 11 is 0. The van der Waals surface area contributed by atoms with Crippen molar-refractivity contribution in [1.82, 2.24) is 25.5 Å². The maximum atomic E-state index is 12.3. The van der Waals surface area contributed by atoms with Crippen LogP contribution in [0.3, 0.4) is 0 Å². The Morgan fingerprint density at radius 1 is 1.35 bits per heavy atom. The number of piperidine rings is 1. The quantitative estimate of drug-likeness (QED) is 0.602. The Kier molecular flexibility index (Phi) is 7.07. The summed E-state index contributed by atoms with van der Waals surface area (Å²) in [6.07, 6.45) is 3.35. The van der Waals surface area contributed by atoms with E-state index in [1.165, 1.54) is 0 Å². The van der Waals surface area contributed by atoms with Crippen molar-refractivity contribution in [2.45, 2.75) is 39.2 Å². The van der Waals surface area contributed by atoms with Crippen LogP contribution in [0, 0.1) is 17.2 Å². The second kappa shape index (κ2) is 9.93. The van der Waals surface area contributed by atoms with Crippen LogP contribution in [0.4, 0.5) is 16.2 Å². The van der Waals surface area contributed by atoms with Crippen LogP contribution >= 0.6 is 0 Å². The molecule has 3 N–H and O–H groups in total. The van der Waals surface area contributed by atoms with Crippen molar-refractivity contribution in [2.24, 2.45) is 5.92 Å². The predicted molar refractivity (Wildman–Crippen MR) is 117 cm³/mol. The van der Waals surface area contributed by atoms with Crippen LogP contribution in [0.15, 0.2) is 30.5 Å². The van der Waals surface area contributed by atoms with E-state index in [0.29, 0.717) is 12.5 Å². The summed E-state index contributed by atoms with van der Waals surface area (Å²) in [5, 5.41) is 29.1. The molecule has 1 unspecified atom stereocenters. The first kappa shape index (κ1) is 22.1. The third-order valence-corrected chi connectivity index (χ3v) is 4.74. The molecule has 0 saturated carbocycles. The fraction of sp³-hybridized carbons (Fsp3) is 0.476. The molecule has 1 atom stereocenters. The minimum absolute atomic E-state index is 0.237. The van der Waals surface area contributed by atoms with E-state index in [-0.39, 0.29) is 17.5 Å². The minimum Gasteiger partial charge on any atom is -0.444 e. The van der Waals surface area contributed by atoms with Gasteiger partial charge >= 0.3 is 6.09 Å². The lowest BCUT2D eigenvalue weighted by atomic mass is 9.98. The number of H-pyrrole nitrogens is 1. The average molecular weight is 425 g/mol. The number of carbonyl (C=O) groups is 1. The highest BCUT2D eigenvalue weighted by atomic mass is 16.6. The van der Waals surface area contributed by atoms with E-state index >= 15 is 0 Å². The summed E-state index contributed by atoms with van der Waals surface area (Å²) in [6.45, 7) is 7.87. The number of allylic oxidation sites excluding steroid dienone is 1. The highest BCUT2D eigenvalue weighted by Gasteiger charge is 2.27. The zero-order valence-corrected chi connectivity index (χ0v) is 18.1. The van der Waals surface area contributed by atoms with Crippen molar-refractivity contribution >= 4 is 23.0 Å². The molecule has 164 valence electrons. The molecule has 0 bridgehead atoms. The number of likely N-dealkylation sites (tertiary alicyclic amines) is 1. The maximum absolute atomic E-state index is 12.3. The van der Waals surface area contributed by atoms with Gasteiger partial charge in [0.15, 0.2) is 0 Å². The van der Waals surface area contributed by atoms with Crippen LogP contribution in [0.5, 0.6) is 0 Å². The van der Waals surface area contributed by atoms with Crippen LogP contribution in [-0.4, -0.2) is 56.9 Å². The third kappa shape index (κ3) is 6.70. The van der Waals surface area contributed by atoms with Gasteiger partial charge in [-0.15, -0.1) is 10.2 Å². The summed E-state index contributed by atoms with van der Waals surface area (Å²) in [6, 6.07) is 9.79. The molecule has 1 saturated heterocycles. The maximum Gasteiger partial charge on any atom is 0.410 e. The van der Waals surface area contributed by atoms with Gasteiger partial charge in [-0.3, -0.25) is 0 Å². The molecule has 1 fully saturated rings. The van der Waals surface area contributed by atoms with Crippen LogP contribution in [0.1, 0.15) is 39.4 Å². The molecule has 10 heteroatoms. The average Bonchev–Trinajstić information content (AvgIpc) is 3.27. The van der Waals surface area contributed by atoms with Crippen LogP contribution in [0.2, 0.25) is 0 Å². The van der Waals surface area contributed by atoms with Crippen molar-refractivity contribution in [3.05, 3.63) is 36.3 Å². The van der Waals surface area contributed by atoms with Gasteiger partial charge in [0.05, 0.1) is 0 Å². The lowest BCUT2D eigenvalue weighted by molar-refractivity contribution is 0.0172. The summed E-state index contributed by atoms with van der Waals surface area (Å²) in [7, 11) is 0. The molecule has 1 aliphatic heterocycles. The largest absolute Gasteiger partial charge is 0.444 e. The van der Waals surface area contributed by atoms with Crippen molar-refractivity contribution in [1.29, 1.82) is 5.26 Å². The molecule has 3 rings (SSSR count). The van der Waals surface area contributed by atoms with Crippen molar-refractivity contribution in [3.8, 4) is 6.07 Å². The van der Waals surface area contributed by atoms with Crippen LogP contribution in [0.25, 0.3) is 5.57 Å². The number of anilines is 2. The number of tetrazole rings is 1. The Bertz CT molecular complexity index is 926. The van der Waals surface area contributed by atoms with Crippen LogP contribution in [-0.2, 0) is 4.74 Å². The van der Waals surface area contributed by atoms with E-state index in [4.69, 9.17) is 4.74 Å². The van der Waals surface area contributed by atoms with Gasteiger partial charge in [0.1, 0.15) is 17.2 Å². The molecular formula is C21H28N8O2. The lowest BCUT2D eigenvalue weighted by Gasteiger charge is -2.34. The SMILES string of the molecule is CC(C)(C)OC(=O)N1CCCC(CNc2ccc(NC=C(C#N)c3nn[nH]n3)cc2)C1. The van der Waals surface area contributed by atoms with E-state index in [1.807, 2.05) is 51.1 Å². The summed E-state index contributed by atoms with van der Waals surface area (Å²) in [4.78, 5) is 14.1. The molecule has 10 nitrogen and oxygen atoms in total. The van der Waals surface area contributed by atoms with Gasteiger partial charge in [-0.05, 0) is 69.0 Å². The number of ether oxygens (including phenoxy) is 1. The molecule has 1 aromatic carbocycles. The Morgan fingerprint density at radius 2 is 2.10 bits per heavy atom. The number of rotatable bonds is 6. The number of amides is 1. The highest BCUT2D eigenvalue weighted by molar-refractivity contribution is 5.74. The normalized spacial score (nSPS) is 17.0. The van der Waals surface area contributed by atoms with Gasteiger partial charge in [-0.25, -0.2) is 4.79 Å². The van der Waals surface area contributed by atoms with Gasteiger partial charge in [0, 0.05) is 37.2 Å². The standard InChI is InChI=1S/C21H28N8O2/c1-21(2,3)31-20(30)29-10-4-5-15(14-29)12-23-17-6-8-18(9-7-17)24-13-16(11-22)19-25-27-28-26-19/h6-9,13,15,23-24H,4-5,10,12,14H2,1-3H3,(H,25,26,27,28). The smallest absolute Gasteiger partial charge is 0.410 e. The molecule has 1 aliphatic rings. The number of aromatic amines is 1. The third-order valence-electron chi connectivity index (χ3n) is 4.74. The number of hydrogen-bond donors (Lipinski definition) is 3. The molecule has 0 spiro atoms.